The Morgan fingerprint density at radius 3 is 2.90 bits per heavy atom. The second-order valence-corrected chi connectivity index (χ2v) is 5.27. The average molecular weight is 277 g/mol. The molecule has 2 fully saturated rings. The summed E-state index contributed by atoms with van der Waals surface area (Å²) in [7, 11) is 0. The second-order valence-electron chi connectivity index (χ2n) is 5.27. The summed E-state index contributed by atoms with van der Waals surface area (Å²) in [5.41, 5.74) is 5.82. The van der Waals surface area contributed by atoms with Crippen molar-refractivity contribution in [2.24, 2.45) is 0 Å². The Kier molecular flexibility index (Phi) is 3.08. The minimum absolute atomic E-state index is 0.0389. The van der Waals surface area contributed by atoms with Gasteiger partial charge >= 0.3 is 0 Å². The van der Waals surface area contributed by atoms with Gasteiger partial charge in [-0.25, -0.2) is 4.39 Å². The molecule has 1 unspecified atom stereocenters. The fourth-order valence-electron chi connectivity index (χ4n) is 2.92. The SMILES string of the molecule is Nc1ccc(C(=O)N2CCN3C(=O)CCC3C2)c(F)c1. The van der Waals surface area contributed by atoms with Crippen molar-refractivity contribution in [3.05, 3.63) is 29.6 Å². The molecule has 2 amide bonds. The number of hydrogen-bond donors (Lipinski definition) is 1. The number of hydrogen-bond acceptors (Lipinski definition) is 3. The highest BCUT2D eigenvalue weighted by Crippen LogP contribution is 2.24. The molecule has 6 heteroatoms. The predicted octanol–water partition coefficient (Wildman–Crippen LogP) is 0.855. The molecule has 0 radical (unpaired) electrons. The summed E-state index contributed by atoms with van der Waals surface area (Å²) in [6, 6.07) is 4.17. The fraction of sp³-hybridized carbons (Fsp3) is 0.429. The third kappa shape index (κ3) is 2.11. The Labute approximate surface area is 116 Å². The largest absolute Gasteiger partial charge is 0.399 e. The maximum atomic E-state index is 13.8. The van der Waals surface area contributed by atoms with Crippen molar-refractivity contribution in [1.82, 2.24) is 9.80 Å². The van der Waals surface area contributed by atoms with E-state index in [1.54, 1.807) is 4.90 Å². The van der Waals surface area contributed by atoms with Crippen LogP contribution in [-0.4, -0.2) is 47.3 Å². The van der Waals surface area contributed by atoms with Crippen LogP contribution < -0.4 is 5.73 Å². The number of benzene rings is 1. The molecule has 2 saturated heterocycles. The number of fused-ring (bicyclic) bond motifs is 1. The minimum atomic E-state index is -0.597. The van der Waals surface area contributed by atoms with E-state index in [1.807, 2.05) is 4.90 Å². The highest BCUT2D eigenvalue weighted by atomic mass is 19.1. The van der Waals surface area contributed by atoms with Gasteiger partial charge in [0.1, 0.15) is 5.82 Å². The molecule has 0 aromatic heterocycles. The molecule has 3 rings (SSSR count). The van der Waals surface area contributed by atoms with Gasteiger partial charge in [0.2, 0.25) is 5.91 Å². The number of rotatable bonds is 1. The molecule has 1 aromatic carbocycles. The lowest BCUT2D eigenvalue weighted by molar-refractivity contribution is -0.130. The molecular formula is C14H16FN3O2. The van der Waals surface area contributed by atoms with Crippen LogP contribution in [0.25, 0.3) is 0 Å². The molecular weight excluding hydrogens is 261 g/mol. The van der Waals surface area contributed by atoms with Crippen LogP contribution in [0, 0.1) is 5.82 Å². The van der Waals surface area contributed by atoms with Crippen LogP contribution in [0.1, 0.15) is 23.2 Å². The third-order valence-electron chi connectivity index (χ3n) is 4.01. The van der Waals surface area contributed by atoms with Crippen molar-refractivity contribution >= 4 is 17.5 Å². The summed E-state index contributed by atoms with van der Waals surface area (Å²) in [6.07, 6.45) is 1.32. The Bertz CT molecular complexity index is 576. The highest BCUT2D eigenvalue weighted by Gasteiger charge is 2.37. The number of piperazine rings is 1. The number of carbonyl (C=O) groups is 2. The maximum absolute atomic E-state index is 13.8. The van der Waals surface area contributed by atoms with E-state index in [1.165, 1.54) is 12.1 Å². The molecule has 0 spiro atoms. The van der Waals surface area contributed by atoms with E-state index in [0.29, 0.717) is 31.7 Å². The van der Waals surface area contributed by atoms with E-state index < -0.39 is 5.82 Å². The van der Waals surface area contributed by atoms with Gasteiger partial charge < -0.3 is 15.5 Å². The van der Waals surface area contributed by atoms with E-state index in [2.05, 4.69) is 0 Å². The van der Waals surface area contributed by atoms with Crippen molar-refractivity contribution in [1.29, 1.82) is 0 Å². The molecule has 0 saturated carbocycles. The highest BCUT2D eigenvalue weighted by molar-refractivity contribution is 5.95. The standard InChI is InChI=1S/C14H16FN3O2/c15-12-7-9(16)1-3-11(12)14(20)17-5-6-18-10(8-17)2-4-13(18)19/h1,3,7,10H,2,4-6,8,16H2. The zero-order valence-corrected chi connectivity index (χ0v) is 11.0. The summed E-state index contributed by atoms with van der Waals surface area (Å²) < 4.78 is 13.8. The fourth-order valence-corrected chi connectivity index (χ4v) is 2.92. The van der Waals surface area contributed by atoms with Crippen LogP contribution in [0.4, 0.5) is 10.1 Å². The molecule has 1 aromatic rings. The van der Waals surface area contributed by atoms with Gasteiger partial charge in [-0.3, -0.25) is 9.59 Å². The van der Waals surface area contributed by atoms with Gasteiger partial charge in [0.25, 0.3) is 5.91 Å². The van der Waals surface area contributed by atoms with Crippen LogP contribution in [0.3, 0.4) is 0 Å². The Morgan fingerprint density at radius 2 is 2.15 bits per heavy atom. The molecule has 20 heavy (non-hydrogen) atoms. The normalized spacial score (nSPS) is 22.1. The molecule has 2 aliphatic rings. The monoisotopic (exact) mass is 277 g/mol. The zero-order valence-electron chi connectivity index (χ0n) is 11.0. The van der Waals surface area contributed by atoms with Crippen LogP contribution in [-0.2, 0) is 4.79 Å². The predicted molar refractivity (Wildman–Crippen MR) is 71.5 cm³/mol. The molecule has 2 heterocycles. The van der Waals surface area contributed by atoms with Gasteiger partial charge in [0.15, 0.2) is 0 Å². The maximum Gasteiger partial charge on any atom is 0.256 e. The van der Waals surface area contributed by atoms with Gasteiger partial charge in [0.05, 0.1) is 5.56 Å². The lowest BCUT2D eigenvalue weighted by atomic mass is 10.1. The van der Waals surface area contributed by atoms with Crippen molar-refractivity contribution in [2.75, 3.05) is 25.4 Å². The van der Waals surface area contributed by atoms with Crippen molar-refractivity contribution in [3.8, 4) is 0 Å². The van der Waals surface area contributed by atoms with E-state index >= 15 is 0 Å². The Hall–Kier alpha value is -2.11. The molecule has 0 aliphatic carbocycles. The quantitative estimate of drug-likeness (QED) is 0.774. The first-order valence-corrected chi connectivity index (χ1v) is 6.70. The summed E-state index contributed by atoms with van der Waals surface area (Å²) in [5.74, 6) is -0.776. The molecule has 106 valence electrons. The first-order valence-electron chi connectivity index (χ1n) is 6.70. The summed E-state index contributed by atoms with van der Waals surface area (Å²) >= 11 is 0. The lowest BCUT2D eigenvalue weighted by Crippen LogP contribution is -2.53. The molecule has 2 aliphatic heterocycles. The summed E-state index contributed by atoms with van der Waals surface area (Å²) in [4.78, 5) is 27.4. The number of carbonyl (C=O) groups excluding carboxylic acids is 2. The molecule has 1 atom stereocenters. The molecule has 2 N–H and O–H groups in total. The molecule has 0 bridgehead atoms. The van der Waals surface area contributed by atoms with E-state index in [0.717, 1.165) is 12.5 Å². The second kappa shape index (κ2) is 4.77. The van der Waals surface area contributed by atoms with Gasteiger partial charge in [-0.15, -0.1) is 0 Å². The molecule has 5 nitrogen and oxygen atoms in total. The average Bonchev–Trinajstić information content (AvgIpc) is 2.79. The zero-order chi connectivity index (χ0) is 14.3. The number of amides is 2. The summed E-state index contributed by atoms with van der Waals surface area (Å²) in [6.45, 7) is 1.46. The van der Waals surface area contributed by atoms with Gasteiger partial charge in [-0.05, 0) is 24.6 Å². The first-order chi connectivity index (χ1) is 9.56. The van der Waals surface area contributed by atoms with Gasteiger partial charge in [-0.2, -0.15) is 0 Å². The number of halogens is 1. The third-order valence-corrected chi connectivity index (χ3v) is 4.01. The minimum Gasteiger partial charge on any atom is -0.399 e. The van der Waals surface area contributed by atoms with E-state index in [9.17, 15) is 14.0 Å². The van der Waals surface area contributed by atoms with Crippen LogP contribution >= 0.6 is 0 Å². The number of nitrogens with zero attached hydrogens (tertiary/aromatic N) is 2. The van der Waals surface area contributed by atoms with Crippen molar-refractivity contribution in [2.45, 2.75) is 18.9 Å². The smallest absolute Gasteiger partial charge is 0.256 e. The van der Waals surface area contributed by atoms with Crippen LogP contribution in [0.2, 0.25) is 0 Å². The van der Waals surface area contributed by atoms with E-state index in [4.69, 9.17) is 5.73 Å². The van der Waals surface area contributed by atoms with Crippen LogP contribution in [0.5, 0.6) is 0 Å². The lowest BCUT2D eigenvalue weighted by Gasteiger charge is -2.37. The number of nitrogens with two attached hydrogens (primary N) is 1. The van der Waals surface area contributed by atoms with Crippen molar-refractivity contribution < 1.29 is 14.0 Å². The van der Waals surface area contributed by atoms with Gasteiger partial charge in [-0.1, -0.05) is 0 Å². The van der Waals surface area contributed by atoms with Gasteiger partial charge in [0, 0.05) is 37.8 Å². The number of nitrogen functional groups attached to an aromatic ring is 1. The van der Waals surface area contributed by atoms with Crippen LogP contribution in [0.15, 0.2) is 18.2 Å². The van der Waals surface area contributed by atoms with E-state index in [-0.39, 0.29) is 23.4 Å². The number of anilines is 1. The Balaban J connectivity index is 1.77. The Morgan fingerprint density at radius 1 is 1.35 bits per heavy atom. The summed E-state index contributed by atoms with van der Waals surface area (Å²) in [5, 5.41) is 0. The first kappa shape index (κ1) is 12.9. The topological polar surface area (TPSA) is 66.6 Å². The van der Waals surface area contributed by atoms with Crippen molar-refractivity contribution in [3.63, 3.8) is 0 Å².